The van der Waals surface area contributed by atoms with Crippen molar-refractivity contribution in [2.75, 3.05) is 7.11 Å². The molecule has 4 nitrogen and oxygen atoms in total. The molecule has 0 saturated carbocycles. The molecule has 0 spiro atoms. The number of aliphatic hydroxyl groups is 1. The number of para-hydroxylation sites is 3. The lowest BCUT2D eigenvalue weighted by Gasteiger charge is -2.16. The number of nitrogens with zero attached hydrogens (tertiary/aromatic N) is 2. The van der Waals surface area contributed by atoms with E-state index in [9.17, 15) is 5.11 Å². The summed E-state index contributed by atoms with van der Waals surface area (Å²) in [6, 6.07) is 15.5. The summed E-state index contributed by atoms with van der Waals surface area (Å²) in [5, 5.41) is 10.6. The Morgan fingerprint density at radius 3 is 2.67 bits per heavy atom. The van der Waals surface area contributed by atoms with E-state index in [0.717, 1.165) is 22.4 Å². The Hall–Kier alpha value is -2.33. The molecule has 3 rings (SSSR count). The van der Waals surface area contributed by atoms with Gasteiger partial charge < -0.3 is 14.4 Å². The van der Waals surface area contributed by atoms with E-state index in [0.29, 0.717) is 12.3 Å². The number of aliphatic hydroxyl groups excluding tert-OH is 1. The number of ether oxygens (including phenoxy) is 1. The first-order chi connectivity index (χ1) is 10.2. The van der Waals surface area contributed by atoms with Crippen molar-refractivity contribution >= 4 is 11.0 Å². The Balaban J connectivity index is 1.96. The van der Waals surface area contributed by atoms with Crippen LogP contribution in [0, 0.1) is 6.92 Å². The smallest absolute Gasteiger partial charge is 0.124 e. The van der Waals surface area contributed by atoms with Crippen LogP contribution in [0.5, 0.6) is 5.75 Å². The zero-order chi connectivity index (χ0) is 14.8. The van der Waals surface area contributed by atoms with E-state index in [1.165, 1.54) is 0 Å². The Kier molecular flexibility index (Phi) is 3.62. The highest BCUT2D eigenvalue weighted by molar-refractivity contribution is 5.75. The lowest BCUT2D eigenvalue weighted by atomic mass is 10.1. The van der Waals surface area contributed by atoms with Crippen molar-refractivity contribution in [2.24, 2.45) is 0 Å². The van der Waals surface area contributed by atoms with Gasteiger partial charge in [0.05, 0.1) is 24.7 Å². The Labute approximate surface area is 123 Å². The highest BCUT2D eigenvalue weighted by Crippen LogP contribution is 2.27. The van der Waals surface area contributed by atoms with Crippen molar-refractivity contribution in [2.45, 2.75) is 19.6 Å². The van der Waals surface area contributed by atoms with Gasteiger partial charge in [-0.1, -0.05) is 30.3 Å². The second kappa shape index (κ2) is 5.58. The summed E-state index contributed by atoms with van der Waals surface area (Å²) in [6.45, 7) is 2.40. The largest absolute Gasteiger partial charge is 0.496 e. The molecule has 0 bridgehead atoms. The average molecular weight is 282 g/mol. The average Bonchev–Trinajstić information content (AvgIpc) is 2.83. The first-order valence-corrected chi connectivity index (χ1v) is 6.93. The molecule has 0 aliphatic rings. The molecular formula is C17H18N2O2. The lowest BCUT2D eigenvalue weighted by molar-refractivity contribution is 0.153. The maximum atomic E-state index is 10.6. The molecule has 4 heteroatoms. The molecule has 21 heavy (non-hydrogen) atoms. The summed E-state index contributed by atoms with van der Waals surface area (Å²) in [4.78, 5) is 4.52. The van der Waals surface area contributed by atoms with Gasteiger partial charge in [-0.05, 0) is 25.1 Å². The monoisotopic (exact) mass is 282 g/mol. The fraction of sp³-hybridized carbons (Fsp3) is 0.235. The molecule has 1 N–H and O–H groups in total. The first-order valence-electron chi connectivity index (χ1n) is 6.93. The number of hydrogen-bond acceptors (Lipinski definition) is 3. The minimum absolute atomic E-state index is 0.451. The Bertz CT molecular complexity index is 764. The van der Waals surface area contributed by atoms with Crippen molar-refractivity contribution in [3.05, 3.63) is 59.9 Å². The normalized spacial score (nSPS) is 12.5. The van der Waals surface area contributed by atoms with Gasteiger partial charge in [0.2, 0.25) is 0 Å². The van der Waals surface area contributed by atoms with Crippen molar-refractivity contribution in [3.63, 3.8) is 0 Å². The standard InChI is InChI=1S/C17H18N2O2/c1-12-18-14-8-4-5-9-15(14)19(12)11-16(20)13-7-3-6-10-17(13)21-2/h3-10,16,20H,11H2,1-2H3. The maximum Gasteiger partial charge on any atom is 0.124 e. The minimum Gasteiger partial charge on any atom is -0.496 e. The van der Waals surface area contributed by atoms with Gasteiger partial charge in [-0.2, -0.15) is 0 Å². The molecule has 0 radical (unpaired) electrons. The van der Waals surface area contributed by atoms with Crippen LogP contribution >= 0.6 is 0 Å². The second-order valence-corrected chi connectivity index (χ2v) is 5.02. The van der Waals surface area contributed by atoms with Gasteiger partial charge in [0.1, 0.15) is 17.7 Å². The van der Waals surface area contributed by atoms with Gasteiger partial charge in [-0.3, -0.25) is 0 Å². The minimum atomic E-state index is -0.641. The van der Waals surface area contributed by atoms with Crippen LogP contribution in [0.4, 0.5) is 0 Å². The van der Waals surface area contributed by atoms with Gasteiger partial charge in [-0.25, -0.2) is 4.98 Å². The number of aryl methyl sites for hydroxylation is 1. The number of fused-ring (bicyclic) bond motifs is 1. The SMILES string of the molecule is COc1ccccc1C(O)Cn1c(C)nc2ccccc21. The lowest BCUT2D eigenvalue weighted by Crippen LogP contribution is -2.11. The van der Waals surface area contributed by atoms with E-state index in [1.807, 2.05) is 60.0 Å². The summed E-state index contributed by atoms with van der Waals surface area (Å²) in [5.74, 6) is 1.59. The van der Waals surface area contributed by atoms with E-state index in [4.69, 9.17) is 4.74 Å². The molecule has 3 aromatic rings. The zero-order valence-corrected chi connectivity index (χ0v) is 12.2. The molecule has 0 saturated heterocycles. The molecule has 0 amide bonds. The second-order valence-electron chi connectivity index (χ2n) is 5.02. The summed E-state index contributed by atoms with van der Waals surface area (Å²) in [5.41, 5.74) is 2.77. The number of methoxy groups -OCH3 is 1. The van der Waals surface area contributed by atoms with E-state index in [1.54, 1.807) is 7.11 Å². The van der Waals surface area contributed by atoms with E-state index in [-0.39, 0.29) is 0 Å². The molecule has 0 aliphatic carbocycles. The van der Waals surface area contributed by atoms with Crippen LogP contribution in [0.15, 0.2) is 48.5 Å². The predicted octanol–water partition coefficient (Wildman–Crippen LogP) is 3.09. The molecule has 1 unspecified atom stereocenters. The van der Waals surface area contributed by atoms with Crippen molar-refractivity contribution in [1.82, 2.24) is 9.55 Å². The van der Waals surface area contributed by atoms with Crippen LogP contribution in [0.1, 0.15) is 17.5 Å². The fourth-order valence-corrected chi connectivity index (χ4v) is 2.64. The Morgan fingerprint density at radius 1 is 1.14 bits per heavy atom. The van der Waals surface area contributed by atoms with Gasteiger partial charge >= 0.3 is 0 Å². The molecule has 108 valence electrons. The van der Waals surface area contributed by atoms with E-state index < -0.39 is 6.10 Å². The van der Waals surface area contributed by atoms with Crippen LogP contribution in [-0.4, -0.2) is 21.8 Å². The van der Waals surface area contributed by atoms with Crippen LogP contribution in [-0.2, 0) is 6.54 Å². The first kappa shape index (κ1) is 13.6. The number of imidazole rings is 1. The fourth-order valence-electron chi connectivity index (χ4n) is 2.64. The highest BCUT2D eigenvalue weighted by atomic mass is 16.5. The van der Waals surface area contributed by atoms with Crippen LogP contribution in [0.2, 0.25) is 0 Å². The third-order valence-corrected chi connectivity index (χ3v) is 3.70. The molecule has 0 aliphatic heterocycles. The molecule has 1 aromatic heterocycles. The quantitative estimate of drug-likeness (QED) is 0.800. The summed E-state index contributed by atoms with van der Waals surface area (Å²) < 4.78 is 7.35. The maximum absolute atomic E-state index is 10.6. The number of aromatic nitrogens is 2. The molecule has 1 heterocycles. The van der Waals surface area contributed by atoms with Gasteiger partial charge in [-0.15, -0.1) is 0 Å². The van der Waals surface area contributed by atoms with E-state index in [2.05, 4.69) is 4.98 Å². The van der Waals surface area contributed by atoms with Gasteiger partial charge in [0, 0.05) is 5.56 Å². The van der Waals surface area contributed by atoms with Crippen LogP contribution in [0.25, 0.3) is 11.0 Å². The summed E-state index contributed by atoms with van der Waals surface area (Å²) in [7, 11) is 1.61. The van der Waals surface area contributed by atoms with Crippen LogP contribution in [0.3, 0.4) is 0 Å². The number of benzene rings is 2. The molecule has 1 atom stereocenters. The van der Waals surface area contributed by atoms with E-state index >= 15 is 0 Å². The Morgan fingerprint density at radius 2 is 1.86 bits per heavy atom. The van der Waals surface area contributed by atoms with Crippen molar-refractivity contribution in [3.8, 4) is 5.75 Å². The van der Waals surface area contributed by atoms with Gasteiger partial charge in [0.25, 0.3) is 0 Å². The highest BCUT2D eigenvalue weighted by Gasteiger charge is 2.16. The topological polar surface area (TPSA) is 47.3 Å². The summed E-state index contributed by atoms with van der Waals surface area (Å²) in [6.07, 6.45) is -0.641. The third-order valence-electron chi connectivity index (χ3n) is 3.70. The summed E-state index contributed by atoms with van der Waals surface area (Å²) >= 11 is 0. The van der Waals surface area contributed by atoms with Crippen molar-refractivity contribution < 1.29 is 9.84 Å². The number of rotatable bonds is 4. The van der Waals surface area contributed by atoms with Crippen LogP contribution < -0.4 is 4.74 Å². The third kappa shape index (κ3) is 2.50. The zero-order valence-electron chi connectivity index (χ0n) is 12.2. The van der Waals surface area contributed by atoms with Crippen molar-refractivity contribution in [1.29, 1.82) is 0 Å². The number of hydrogen-bond donors (Lipinski definition) is 1. The molecular weight excluding hydrogens is 264 g/mol. The molecule has 0 fully saturated rings. The van der Waals surface area contributed by atoms with Gasteiger partial charge in [0.15, 0.2) is 0 Å². The molecule has 2 aromatic carbocycles. The predicted molar refractivity (Wildman–Crippen MR) is 82.4 cm³/mol.